The van der Waals surface area contributed by atoms with Crippen molar-refractivity contribution < 1.29 is 0 Å². The highest BCUT2D eigenvalue weighted by Crippen LogP contribution is 2.14. The van der Waals surface area contributed by atoms with Crippen molar-refractivity contribution in [3.63, 3.8) is 0 Å². The average Bonchev–Trinajstić information content (AvgIpc) is 2.19. The van der Waals surface area contributed by atoms with Crippen LogP contribution in [0.3, 0.4) is 0 Å². The fourth-order valence-electron chi connectivity index (χ4n) is 1.38. The SMILES string of the molecule is CCC(Br)CCCc1ccccc1. The Kier molecular flexibility index (Phi) is 5.14. The lowest BCUT2D eigenvalue weighted by atomic mass is 10.1. The van der Waals surface area contributed by atoms with E-state index in [-0.39, 0.29) is 0 Å². The maximum atomic E-state index is 3.65. The molecule has 0 fully saturated rings. The predicted molar refractivity (Wildman–Crippen MR) is 62.4 cm³/mol. The van der Waals surface area contributed by atoms with Crippen LogP contribution >= 0.6 is 15.9 Å². The van der Waals surface area contributed by atoms with Crippen LogP contribution in [0.2, 0.25) is 0 Å². The van der Waals surface area contributed by atoms with E-state index in [9.17, 15) is 0 Å². The normalized spacial score (nSPS) is 12.8. The van der Waals surface area contributed by atoms with Crippen LogP contribution in [0, 0.1) is 0 Å². The zero-order valence-electron chi connectivity index (χ0n) is 8.17. The van der Waals surface area contributed by atoms with Gasteiger partial charge in [0.05, 0.1) is 0 Å². The Bertz CT molecular complexity index is 218. The molecule has 0 aliphatic heterocycles. The lowest BCUT2D eigenvalue weighted by Gasteiger charge is -2.05. The highest BCUT2D eigenvalue weighted by Gasteiger charge is 1.99. The zero-order valence-corrected chi connectivity index (χ0v) is 9.76. The molecule has 0 N–H and O–H groups in total. The Labute approximate surface area is 89.5 Å². The van der Waals surface area contributed by atoms with E-state index >= 15 is 0 Å². The summed E-state index contributed by atoms with van der Waals surface area (Å²) in [6.07, 6.45) is 5.01. The van der Waals surface area contributed by atoms with Crippen LogP contribution in [0.4, 0.5) is 0 Å². The van der Waals surface area contributed by atoms with E-state index in [4.69, 9.17) is 0 Å². The summed E-state index contributed by atoms with van der Waals surface area (Å²) in [6.45, 7) is 2.22. The molecule has 72 valence electrons. The van der Waals surface area contributed by atoms with Gasteiger partial charge in [-0.15, -0.1) is 0 Å². The van der Waals surface area contributed by atoms with Gasteiger partial charge in [-0.3, -0.25) is 0 Å². The van der Waals surface area contributed by atoms with E-state index in [0.717, 1.165) is 0 Å². The van der Waals surface area contributed by atoms with Crippen LogP contribution in [0.25, 0.3) is 0 Å². The second-order valence-electron chi connectivity index (χ2n) is 3.38. The Hall–Kier alpha value is -0.300. The van der Waals surface area contributed by atoms with Gasteiger partial charge in [-0.25, -0.2) is 0 Å². The van der Waals surface area contributed by atoms with Gasteiger partial charge in [0.2, 0.25) is 0 Å². The minimum Gasteiger partial charge on any atom is -0.0891 e. The van der Waals surface area contributed by atoms with Crippen molar-refractivity contribution in [3.05, 3.63) is 35.9 Å². The van der Waals surface area contributed by atoms with Crippen molar-refractivity contribution >= 4 is 15.9 Å². The van der Waals surface area contributed by atoms with Gasteiger partial charge in [-0.2, -0.15) is 0 Å². The van der Waals surface area contributed by atoms with Crippen LogP contribution in [0.5, 0.6) is 0 Å². The van der Waals surface area contributed by atoms with Crippen LogP contribution in [0.15, 0.2) is 30.3 Å². The molecule has 0 saturated heterocycles. The summed E-state index contributed by atoms with van der Waals surface area (Å²) in [5.41, 5.74) is 1.46. The quantitative estimate of drug-likeness (QED) is 0.678. The van der Waals surface area contributed by atoms with E-state index < -0.39 is 0 Å². The van der Waals surface area contributed by atoms with Crippen molar-refractivity contribution in [1.82, 2.24) is 0 Å². The molecule has 0 heterocycles. The van der Waals surface area contributed by atoms with E-state index in [1.54, 1.807) is 0 Å². The van der Waals surface area contributed by atoms with Gasteiger partial charge in [0, 0.05) is 4.83 Å². The van der Waals surface area contributed by atoms with Gasteiger partial charge in [-0.05, 0) is 31.2 Å². The van der Waals surface area contributed by atoms with Crippen LogP contribution in [-0.2, 0) is 6.42 Å². The molecule has 0 aliphatic carbocycles. The summed E-state index contributed by atoms with van der Waals surface area (Å²) in [4.78, 5) is 0.705. The summed E-state index contributed by atoms with van der Waals surface area (Å²) in [5.74, 6) is 0. The van der Waals surface area contributed by atoms with Gasteiger partial charge in [0.15, 0.2) is 0 Å². The first-order valence-corrected chi connectivity index (χ1v) is 5.92. The Morgan fingerprint density at radius 3 is 2.54 bits per heavy atom. The van der Waals surface area contributed by atoms with Crippen LogP contribution < -0.4 is 0 Å². The molecular weight excluding hydrogens is 224 g/mol. The Balaban J connectivity index is 2.20. The molecule has 1 aromatic carbocycles. The monoisotopic (exact) mass is 240 g/mol. The standard InChI is InChI=1S/C12H17Br/c1-2-12(13)10-6-9-11-7-4-3-5-8-11/h3-5,7-8,12H,2,6,9-10H2,1H3. The van der Waals surface area contributed by atoms with Gasteiger partial charge in [-0.1, -0.05) is 53.2 Å². The molecule has 0 nitrogen and oxygen atoms in total. The third-order valence-corrected chi connectivity index (χ3v) is 3.37. The third-order valence-electron chi connectivity index (χ3n) is 2.27. The third kappa shape index (κ3) is 4.47. The molecule has 13 heavy (non-hydrogen) atoms. The van der Waals surface area contributed by atoms with Crippen molar-refractivity contribution in [2.24, 2.45) is 0 Å². The van der Waals surface area contributed by atoms with Crippen molar-refractivity contribution in [3.8, 4) is 0 Å². The zero-order chi connectivity index (χ0) is 9.52. The summed E-state index contributed by atoms with van der Waals surface area (Å²) in [7, 11) is 0. The maximum Gasteiger partial charge on any atom is 0.0143 e. The second-order valence-corrected chi connectivity index (χ2v) is 4.68. The Morgan fingerprint density at radius 1 is 1.23 bits per heavy atom. The molecule has 1 heteroatoms. The molecule has 1 unspecified atom stereocenters. The summed E-state index contributed by atoms with van der Waals surface area (Å²) >= 11 is 3.65. The van der Waals surface area contributed by atoms with Gasteiger partial charge in [0.25, 0.3) is 0 Å². The topological polar surface area (TPSA) is 0 Å². The van der Waals surface area contributed by atoms with Crippen LogP contribution in [0.1, 0.15) is 31.7 Å². The minimum atomic E-state index is 0.705. The molecule has 1 atom stereocenters. The fraction of sp³-hybridized carbons (Fsp3) is 0.500. The number of hydrogen-bond donors (Lipinski definition) is 0. The molecule has 1 rings (SSSR count). The number of benzene rings is 1. The number of halogens is 1. The lowest BCUT2D eigenvalue weighted by molar-refractivity contribution is 0.690. The van der Waals surface area contributed by atoms with Crippen molar-refractivity contribution in [1.29, 1.82) is 0 Å². The lowest BCUT2D eigenvalue weighted by Crippen LogP contribution is -1.96. The highest BCUT2D eigenvalue weighted by atomic mass is 79.9. The molecule has 0 amide bonds. The van der Waals surface area contributed by atoms with Gasteiger partial charge < -0.3 is 0 Å². The van der Waals surface area contributed by atoms with Crippen LogP contribution in [-0.4, -0.2) is 4.83 Å². The van der Waals surface area contributed by atoms with Crippen molar-refractivity contribution in [2.45, 2.75) is 37.4 Å². The fourth-order valence-corrected chi connectivity index (χ4v) is 1.70. The number of alkyl halides is 1. The molecular formula is C12H17Br. The molecule has 0 aliphatic rings. The van der Waals surface area contributed by atoms with Gasteiger partial charge in [0.1, 0.15) is 0 Å². The largest absolute Gasteiger partial charge is 0.0891 e. The first-order valence-electron chi connectivity index (χ1n) is 5.01. The number of aryl methyl sites for hydroxylation is 1. The second kappa shape index (κ2) is 6.20. The number of rotatable bonds is 5. The molecule has 1 aromatic rings. The minimum absolute atomic E-state index is 0.705. The molecule has 0 spiro atoms. The van der Waals surface area contributed by atoms with E-state index in [2.05, 4.69) is 53.2 Å². The van der Waals surface area contributed by atoms with E-state index in [0.29, 0.717) is 4.83 Å². The predicted octanol–water partition coefficient (Wildman–Crippen LogP) is 4.18. The van der Waals surface area contributed by atoms with E-state index in [1.165, 1.54) is 31.2 Å². The smallest absolute Gasteiger partial charge is 0.0143 e. The Morgan fingerprint density at radius 2 is 1.92 bits per heavy atom. The summed E-state index contributed by atoms with van der Waals surface area (Å²) in [6, 6.07) is 10.7. The van der Waals surface area contributed by atoms with Crippen molar-refractivity contribution in [2.75, 3.05) is 0 Å². The number of hydrogen-bond acceptors (Lipinski definition) is 0. The average molecular weight is 241 g/mol. The molecule has 0 radical (unpaired) electrons. The molecule has 0 saturated carbocycles. The first kappa shape index (κ1) is 10.8. The van der Waals surface area contributed by atoms with E-state index in [1.807, 2.05) is 0 Å². The molecule has 0 bridgehead atoms. The first-order chi connectivity index (χ1) is 6.33. The summed E-state index contributed by atoms with van der Waals surface area (Å²) in [5, 5.41) is 0. The summed E-state index contributed by atoms with van der Waals surface area (Å²) < 4.78 is 0. The van der Waals surface area contributed by atoms with Gasteiger partial charge >= 0.3 is 0 Å². The maximum absolute atomic E-state index is 3.65. The molecule has 0 aromatic heterocycles. The highest BCUT2D eigenvalue weighted by molar-refractivity contribution is 9.09.